The van der Waals surface area contributed by atoms with Crippen molar-refractivity contribution in [3.8, 4) is 0 Å². The molecule has 2 unspecified atom stereocenters. The summed E-state index contributed by atoms with van der Waals surface area (Å²) in [6, 6.07) is 7.69. The van der Waals surface area contributed by atoms with Crippen LogP contribution in [-0.4, -0.2) is 37.0 Å². The highest BCUT2D eigenvalue weighted by atomic mass is 16.1. The molecule has 4 heteroatoms. The Hall–Kier alpha value is -1.39. The monoisotopic (exact) mass is 259 g/mol. The number of benzene rings is 1. The smallest absolute Gasteiger partial charge is 0.248 e. The quantitative estimate of drug-likeness (QED) is 0.845. The van der Waals surface area contributed by atoms with E-state index in [2.05, 4.69) is 16.3 Å². The molecule has 0 radical (unpaired) electrons. The summed E-state index contributed by atoms with van der Waals surface area (Å²) in [7, 11) is 0. The molecule has 2 aliphatic heterocycles. The van der Waals surface area contributed by atoms with Crippen LogP contribution in [0.3, 0.4) is 0 Å². The van der Waals surface area contributed by atoms with Crippen molar-refractivity contribution in [3.63, 3.8) is 0 Å². The van der Waals surface area contributed by atoms with Crippen molar-refractivity contribution in [1.82, 2.24) is 10.2 Å². The number of fused-ring (bicyclic) bond motifs is 1. The maximum Gasteiger partial charge on any atom is 0.248 e. The number of piperidine rings is 1. The van der Waals surface area contributed by atoms with Gasteiger partial charge in [0.15, 0.2) is 0 Å². The number of carbonyl (C=O) groups is 1. The lowest BCUT2D eigenvalue weighted by Crippen LogP contribution is -2.39. The van der Waals surface area contributed by atoms with Crippen molar-refractivity contribution in [2.24, 2.45) is 17.6 Å². The normalized spacial score (nSPS) is 27.2. The molecule has 4 nitrogen and oxygen atoms in total. The molecule has 0 bridgehead atoms. The highest BCUT2D eigenvalue weighted by Gasteiger charge is 2.32. The first-order valence-corrected chi connectivity index (χ1v) is 7.04. The van der Waals surface area contributed by atoms with Crippen molar-refractivity contribution in [3.05, 3.63) is 35.4 Å². The van der Waals surface area contributed by atoms with Gasteiger partial charge in [0.25, 0.3) is 0 Å². The molecule has 0 saturated carbocycles. The van der Waals surface area contributed by atoms with Gasteiger partial charge in [-0.25, -0.2) is 0 Å². The summed E-state index contributed by atoms with van der Waals surface area (Å²) < 4.78 is 0. The van der Waals surface area contributed by atoms with Crippen molar-refractivity contribution in [2.45, 2.75) is 13.0 Å². The van der Waals surface area contributed by atoms with E-state index in [1.54, 1.807) is 6.07 Å². The fraction of sp³-hybridized carbons (Fsp3) is 0.533. The van der Waals surface area contributed by atoms with Crippen LogP contribution < -0.4 is 11.1 Å². The number of nitrogens with zero attached hydrogens (tertiary/aromatic N) is 1. The number of amides is 1. The lowest BCUT2D eigenvalue weighted by Gasteiger charge is -2.34. The van der Waals surface area contributed by atoms with E-state index in [9.17, 15) is 4.79 Å². The van der Waals surface area contributed by atoms with Crippen LogP contribution in [0.2, 0.25) is 0 Å². The molecule has 1 aromatic rings. The SMILES string of the molecule is NC(=O)c1cccc(CN2CCC3CNCC3C2)c1. The topological polar surface area (TPSA) is 58.4 Å². The number of nitrogens with two attached hydrogens (primary N) is 1. The van der Waals surface area contributed by atoms with E-state index >= 15 is 0 Å². The van der Waals surface area contributed by atoms with Crippen molar-refractivity contribution in [2.75, 3.05) is 26.2 Å². The van der Waals surface area contributed by atoms with Gasteiger partial charge in [0.05, 0.1) is 0 Å². The van der Waals surface area contributed by atoms with Gasteiger partial charge in [0.2, 0.25) is 5.91 Å². The van der Waals surface area contributed by atoms with Crippen LogP contribution in [0.15, 0.2) is 24.3 Å². The molecular weight excluding hydrogens is 238 g/mol. The summed E-state index contributed by atoms with van der Waals surface area (Å²) in [6.07, 6.45) is 1.28. The summed E-state index contributed by atoms with van der Waals surface area (Å²) in [5.74, 6) is 1.32. The third-order valence-electron chi connectivity index (χ3n) is 4.41. The zero-order valence-corrected chi connectivity index (χ0v) is 11.1. The molecule has 102 valence electrons. The number of hydrogen-bond acceptors (Lipinski definition) is 3. The minimum absolute atomic E-state index is 0.347. The highest BCUT2D eigenvalue weighted by Crippen LogP contribution is 2.27. The highest BCUT2D eigenvalue weighted by molar-refractivity contribution is 5.92. The van der Waals surface area contributed by atoms with Crippen LogP contribution in [-0.2, 0) is 6.54 Å². The van der Waals surface area contributed by atoms with Gasteiger partial charge < -0.3 is 11.1 Å². The van der Waals surface area contributed by atoms with Crippen LogP contribution in [0, 0.1) is 11.8 Å². The number of nitrogens with one attached hydrogen (secondary N) is 1. The van der Waals surface area contributed by atoms with E-state index in [1.165, 1.54) is 25.1 Å². The predicted molar refractivity (Wildman–Crippen MR) is 74.7 cm³/mol. The minimum Gasteiger partial charge on any atom is -0.366 e. The Morgan fingerprint density at radius 3 is 3.05 bits per heavy atom. The van der Waals surface area contributed by atoms with E-state index < -0.39 is 0 Å². The molecule has 2 atom stereocenters. The number of primary amides is 1. The fourth-order valence-electron chi connectivity index (χ4n) is 3.33. The largest absolute Gasteiger partial charge is 0.366 e. The molecule has 0 aliphatic carbocycles. The second-order valence-corrected chi connectivity index (χ2v) is 5.77. The zero-order valence-electron chi connectivity index (χ0n) is 11.1. The Labute approximate surface area is 114 Å². The molecule has 2 saturated heterocycles. The summed E-state index contributed by atoms with van der Waals surface area (Å²) in [5, 5.41) is 3.48. The van der Waals surface area contributed by atoms with Gasteiger partial charge >= 0.3 is 0 Å². The minimum atomic E-state index is -0.347. The summed E-state index contributed by atoms with van der Waals surface area (Å²) in [4.78, 5) is 13.7. The van der Waals surface area contributed by atoms with E-state index in [-0.39, 0.29) is 5.91 Å². The van der Waals surface area contributed by atoms with Gasteiger partial charge in [-0.1, -0.05) is 12.1 Å². The van der Waals surface area contributed by atoms with Crippen LogP contribution in [0.5, 0.6) is 0 Å². The number of carbonyl (C=O) groups excluding carboxylic acids is 1. The summed E-state index contributed by atoms with van der Waals surface area (Å²) in [5.41, 5.74) is 7.11. The fourth-order valence-corrected chi connectivity index (χ4v) is 3.33. The van der Waals surface area contributed by atoms with Crippen LogP contribution in [0.1, 0.15) is 22.3 Å². The van der Waals surface area contributed by atoms with Crippen LogP contribution in [0.4, 0.5) is 0 Å². The van der Waals surface area contributed by atoms with E-state index in [0.29, 0.717) is 5.56 Å². The van der Waals surface area contributed by atoms with E-state index in [0.717, 1.165) is 31.5 Å². The lowest BCUT2D eigenvalue weighted by molar-refractivity contribution is 0.1000. The maximum atomic E-state index is 11.2. The molecule has 2 fully saturated rings. The van der Waals surface area contributed by atoms with Crippen molar-refractivity contribution >= 4 is 5.91 Å². The van der Waals surface area contributed by atoms with Gasteiger partial charge in [-0.3, -0.25) is 9.69 Å². The Morgan fingerprint density at radius 1 is 1.37 bits per heavy atom. The van der Waals surface area contributed by atoms with Crippen molar-refractivity contribution < 1.29 is 4.79 Å². The maximum absolute atomic E-state index is 11.2. The van der Waals surface area contributed by atoms with E-state index in [4.69, 9.17) is 5.73 Å². The first-order chi connectivity index (χ1) is 9.22. The van der Waals surface area contributed by atoms with Gasteiger partial charge in [-0.2, -0.15) is 0 Å². The van der Waals surface area contributed by atoms with E-state index in [1.807, 2.05) is 12.1 Å². The van der Waals surface area contributed by atoms with Gasteiger partial charge in [-0.15, -0.1) is 0 Å². The number of likely N-dealkylation sites (tertiary alicyclic amines) is 1. The molecule has 1 aromatic carbocycles. The standard InChI is InChI=1S/C15H21N3O/c16-15(19)12-3-1-2-11(6-12)9-18-5-4-13-7-17-8-14(13)10-18/h1-3,6,13-14,17H,4-5,7-10H2,(H2,16,19). The predicted octanol–water partition coefficient (Wildman–Crippen LogP) is 0.827. The van der Waals surface area contributed by atoms with Gasteiger partial charge in [0.1, 0.15) is 0 Å². The Morgan fingerprint density at radius 2 is 2.21 bits per heavy atom. The van der Waals surface area contributed by atoms with Gasteiger partial charge in [0, 0.05) is 18.7 Å². The molecule has 19 heavy (non-hydrogen) atoms. The van der Waals surface area contributed by atoms with Crippen LogP contribution >= 0.6 is 0 Å². The average molecular weight is 259 g/mol. The molecule has 3 rings (SSSR count). The van der Waals surface area contributed by atoms with Gasteiger partial charge in [-0.05, 0) is 55.6 Å². The molecule has 3 N–H and O–H groups in total. The van der Waals surface area contributed by atoms with Crippen LogP contribution in [0.25, 0.3) is 0 Å². The Kier molecular flexibility index (Phi) is 3.53. The Balaban J connectivity index is 1.65. The summed E-state index contributed by atoms with van der Waals surface area (Å²) in [6.45, 7) is 5.59. The lowest BCUT2D eigenvalue weighted by atomic mass is 9.88. The van der Waals surface area contributed by atoms with Crippen molar-refractivity contribution in [1.29, 1.82) is 0 Å². The molecule has 2 heterocycles. The molecular formula is C15H21N3O. The second-order valence-electron chi connectivity index (χ2n) is 5.77. The average Bonchev–Trinajstić information content (AvgIpc) is 2.86. The number of hydrogen-bond donors (Lipinski definition) is 2. The molecule has 0 spiro atoms. The zero-order chi connectivity index (χ0) is 13.2. The first kappa shape index (κ1) is 12.6. The summed E-state index contributed by atoms with van der Waals surface area (Å²) >= 11 is 0. The number of rotatable bonds is 3. The molecule has 1 amide bonds. The third kappa shape index (κ3) is 2.80. The third-order valence-corrected chi connectivity index (χ3v) is 4.41. The molecule has 0 aromatic heterocycles. The molecule has 2 aliphatic rings. The first-order valence-electron chi connectivity index (χ1n) is 7.04. The second kappa shape index (κ2) is 5.31. The Bertz CT molecular complexity index is 474.